The molecule has 3 aliphatic heterocycles. The summed E-state index contributed by atoms with van der Waals surface area (Å²) < 4.78 is 0. The van der Waals surface area contributed by atoms with Crippen LogP contribution in [0.3, 0.4) is 0 Å². The second kappa shape index (κ2) is 16.4. The monoisotopic (exact) mass is 738 g/mol. The van der Waals surface area contributed by atoms with Crippen LogP contribution < -0.4 is 31.8 Å². The molecule has 6 aromatic rings. The van der Waals surface area contributed by atoms with Gasteiger partial charge in [-0.2, -0.15) is 0 Å². The topological polar surface area (TPSA) is 0 Å². The molecule has 1 unspecified atom stereocenters. The Hall–Kier alpha value is -2.96. The van der Waals surface area contributed by atoms with Gasteiger partial charge in [0.15, 0.2) is 5.90 Å². The fraction of sp³-hybridized carbons (Fsp3) is 0.234. The van der Waals surface area contributed by atoms with E-state index in [9.17, 15) is 0 Å². The summed E-state index contributed by atoms with van der Waals surface area (Å²) in [5, 5.41) is 9.64. The summed E-state index contributed by atoms with van der Waals surface area (Å²) in [7, 11) is -2.64. The van der Waals surface area contributed by atoms with Crippen molar-refractivity contribution in [1.82, 2.24) is 0 Å². The molecule has 0 N–H and O–H groups in total. The van der Waals surface area contributed by atoms with E-state index in [0.717, 1.165) is 11.3 Å². The highest BCUT2D eigenvalue weighted by Crippen LogP contribution is 2.85. The predicted molar refractivity (Wildman–Crippen MR) is 235 cm³/mol. The highest BCUT2D eigenvalue weighted by molar-refractivity contribution is 8.05. The molecular formula is C47H50P4+2. The summed E-state index contributed by atoms with van der Waals surface area (Å²) in [6, 6.07) is 68.3. The van der Waals surface area contributed by atoms with Gasteiger partial charge < -0.3 is 0 Å². The summed E-state index contributed by atoms with van der Waals surface area (Å²) in [4.78, 5) is 0. The van der Waals surface area contributed by atoms with E-state index in [2.05, 4.69) is 182 Å². The van der Waals surface area contributed by atoms with Crippen molar-refractivity contribution in [3.8, 4) is 0 Å². The third kappa shape index (κ3) is 7.47. The molecule has 3 saturated heterocycles. The highest BCUT2D eigenvalue weighted by atomic mass is 31.2. The maximum Gasteiger partial charge on any atom is 0.174 e. The lowest BCUT2D eigenvalue weighted by molar-refractivity contribution is 0.841. The Morgan fingerprint density at radius 3 is 1.51 bits per heavy atom. The molecule has 3 fully saturated rings. The van der Waals surface area contributed by atoms with Crippen molar-refractivity contribution >= 4 is 62.2 Å². The van der Waals surface area contributed by atoms with Crippen LogP contribution in [0.25, 0.3) is 0 Å². The van der Waals surface area contributed by atoms with Gasteiger partial charge in [0, 0.05) is 0 Å². The molecule has 6 aromatic carbocycles. The van der Waals surface area contributed by atoms with Crippen LogP contribution in [0.4, 0.5) is 0 Å². The molecular weight excluding hydrogens is 688 g/mol. The van der Waals surface area contributed by atoms with Crippen LogP contribution >= 0.6 is 30.4 Å². The molecule has 0 bridgehead atoms. The average molecular weight is 739 g/mol. The molecule has 3 heterocycles. The van der Waals surface area contributed by atoms with Crippen molar-refractivity contribution in [3.63, 3.8) is 0 Å². The number of benzene rings is 6. The maximum atomic E-state index is 2.45. The lowest BCUT2D eigenvalue weighted by atomic mass is 10.3. The molecule has 0 spiro atoms. The van der Waals surface area contributed by atoms with Gasteiger partial charge in [-0.15, -0.1) is 0 Å². The van der Waals surface area contributed by atoms with Crippen molar-refractivity contribution in [2.75, 3.05) is 30.6 Å². The van der Waals surface area contributed by atoms with Crippen molar-refractivity contribution in [3.05, 3.63) is 182 Å². The summed E-state index contributed by atoms with van der Waals surface area (Å²) in [6.45, 7) is 0. The van der Waals surface area contributed by atoms with E-state index in [0.29, 0.717) is 0 Å². The van der Waals surface area contributed by atoms with Gasteiger partial charge in [-0.3, -0.25) is 0 Å². The third-order valence-corrected chi connectivity index (χ3v) is 29.7. The maximum absolute atomic E-state index is 2.45. The minimum atomic E-state index is -1.31. The van der Waals surface area contributed by atoms with Gasteiger partial charge in [-0.25, -0.2) is 0 Å². The van der Waals surface area contributed by atoms with E-state index < -0.39 is 14.5 Å². The zero-order valence-electron chi connectivity index (χ0n) is 29.6. The summed E-state index contributed by atoms with van der Waals surface area (Å²) in [5.41, 5.74) is 1.81. The van der Waals surface area contributed by atoms with E-state index in [1.807, 2.05) is 0 Å². The van der Waals surface area contributed by atoms with Gasteiger partial charge in [0.25, 0.3) is 0 Å². The van der Waals surface area contributed by atoms with Crippen LogP contribution in [0, 0.1) is 0 Å². The Morgan fingerprint density at radius 1 is 0.510 bits per heavy atom. The Bertz CT molecular complexity index is 1860. The predicted octanol–water partition coefficient (Wildman–Crippen LogP) is 10.2. The standard InChI is InChI=1S/C24H26P2.C23H24P2/c1-4-11-21(12-5-1)25-18-10-17-24(25)19-26(20-25,22-13-6-2-7-14-22)23-15-8-3-9-16-23;1-4-11-20(12-5-1)24-18-10-17-23(24)19-25(21-13-6-2-7-14-21)22-15-8-3-9-16-22/h1-9,11-16,24H,10,17-20H2;1-9,11-16,23H,10,17-19H2/q+2;/t24-,25?;23-,24-/m11/s1. The fourth-order valence-electron chi connectivity index (χ4n) is 9.19. The first-order chi connectivity index (χ1) is 25.3. The van der Waals surface area contributed by atoms with E-state index in [4.69, 9.17) is 0 Å². The van der Waals surface area contributed by atoms with Crippen molar-refractivity contribution in [2.24, 2.45) is 0 Å². The quantitative estimate of drug-likeness (QED) is 0.137. The van der Waals surface area contributed by atoms with Crippen molar-refractivity contribution in [1.29, 1.82) is 0 Å². The van der Waals surface area contributed by atoms with Crippen LogP contribution in [0.5, 0.6) is 0 Å². The van der Waals surface area contributed by atoms with Crippen LogP contribution in [-0.2, 0) is 0 Å². The Labute approximate surface area is 310 Å². The number of hydrogen-bond acceptors (Lipinski definition) is 0. The second-order valence-electron chi connectivity index (χ2n) is 14.5. The molecule has 4 heteroatoms. The number of rotatable bonds is 8. The molecule has 0 aliphatic carbocycles. The van der Waals surface area contributed by atoms with Crippen LogP contribution in [0.1, 0.15) is 25.7 Å². The Morgan fingerprint density at radius 2 is 0.980 bits per heavy atom. The van der Waals surface area contributed by atoms with E-state index in [1.54, 1.807) is 21.2 Å². The third-order valence-electron chi connectivity index (χ3n) is 11.6. The zero-order valence-corrected chi connectivity index (χ0v) is 33.2. The molecule has 256 valence electrons. The minimum Gasteiger partial charge on any atom is -0.0718 e. The SMILES string of the molecule is c1ccc(P(C[C@H]2CCC[P@]2c2ccccc2)c2ccccc2)cc1.c1ccc([P+]2(c3ccccc3)C[C@H]3CCC[P+]3(c3ccccc3)C2)cc1. The van der Waals surface area contributed by atoms with Gasteiger partial charge >= 0.3 is 0 Å². The smallest absolute Gasteiger partial charge is 0.0718 e. The summed E-state index contributed by atoms with van der Waals surface area (Å²) in [6.07, 6.45) is 11.4. The van der Waals surface area contributed by atoms with Gasteiger partial charge in [0.05, 0.1) is 18.7 Å². The Kier molecular flexibility index (Phi) is 11.3. The van der Waals surface area contributed by atoms with E-state index in [1.165, 1.54) is 66.8 Å². The van der Waals surface area contributed by atoms with Crippen LogP contribution in [-0.4, -0.2) is 41.9 Å². The fourth-order valence-corrected chi connectivity index (χ4v) is 31.3. The minimum absolute atomic E-state index is 0.000694. The van der Waals surface area contributed by atoms with E-state index in [-0.39, 0.29) is 15.8 Å². The lowest BCUT2D eigenvalue weighted by Crippen LogP contribution is -2.25. The average Bonchev–Trinajstić information content (AvgIpc) is 3.94. The molecule has 0 aromatic heterocycles. The molecule has 0 amide bonds. The molecule has 51 heavy (non-hydrogen) atoms. The highest BCUT2D eigenvalue weighted by Gasteiger charge is 2.69. The molecule has 0 saturated carbocycles. The lowest BCUT2D eigenvalue weighted by Gasteiger charge is -2.27. The van der Waals surface area contributed by atoms with Gasteiger partial charge in [0.1, 0.15) is 29.7 Å². The second-order valence-corrected chi connectivity index (χ2v) is 27.6. The first-order valence-electron chi connectivity index (χ1n) is 18.9. The summed E-state index contributed by atoms with van der Waals surface area (Å²) >= 11 is 0. The van der Waals surface area contributed by atoms with E-state index >= 15 is 0 Å². The van der Waals surface area contributed by atoms with Crippen molar-refractivity contribution in [2.45, 2.75) is 37.0 Å². The molecule has 0 nitrogen and oxygen atoms in total. The first-order valence-corrected chi connectivity index (χ1v) is 26.4. The summed E-state index contributed by atoms with van der Waals surface area (Å²) in [5.74, 6) is 1.46. The molecule has 3 aliphatic rings. The normalized spacial score (nSPS) is 23.4. The van der Waals surface area contributed by atoms with Gasteiger partial charge in [0.2, 0.25) is 0 Å². The number of fused-ring (bicyclic) bond motifs is 1. The molecule has 4 atom stereocenters. The van der Waals surface area contributed by atoms with Crippen LogP contribution in [0.2, 0.25) is 0 Å². The largest absolute Gasteiger partial charge is 0.174 e. The van der Waals surface area contributed by atoms with Gasteiger partial charge in [-0.1, -0.05) is 154 Å². The first kappa shape index (κ1) is 35.1. The van der Waals surface area contributed by atoms with Gasteiger partial charge in [-0.05, 0) is 104 Å². The van der Waals surface area contributed by atoms with Crippen LogP contribution in [0.15, 0.2) is 182 Å². The molecule has 0 radical (unpaired) electrons. The molecule has 9 rings (SSSR count). The van der Waals surface area contributed by atoms with Crippen molar-refractivity contribution < 1.29 is 0 Å². The number of hydrogen-bond donors (Lipinski definition) is 0. The Balaban J connectivity index is 0.000000147. The zero-order chi connectivity index (χ0) is 34.4.